The summed E-state index contributed by atoms with van der Waals surface area (Å²) in [5, 5.41) is 36.9. The fraction of sp³-hybridized carbons (Fsp3) is 1.00. The number of hydrogen-bond donors (Lipinski definition) is 4. The summed E-state index contributed by atoms with van der Waals surface area (Å²) in [4.78, 5) is 0. The van der Waals surface area contributed by atoms with Crippen LogP contribution in [0.4, 0.5) is 0 Å². The van der Waals surface area contributed by atoms with Crippen LogP contribution >= 0.6 is 0 Å². The van der Waals surface area contributed by atoms with Gasteiger partial charge in [-0.3, -0.25) is 0 Å². The zero-order valence-electron chi connectivity index (χ0n) is 7.91. The lowest BCUT2D eigenvalue weighted by atomic mass is 9.99. The second-order valence-corrected chi connectivity index (χ2v) is 3.15. The lowest BCUT2D eigenvalue weighted by Crippen LogP contribution is -2.59. The zero-order valence-corrected chi connectivity index (χ0v) is 7.91. The van der Waals surface area contributed by atoms with E-state index in [4.69, 9.17) is 14.6 Å². The highest BCUT2D eigenvalue weighted by atomic mass is 16.7. The quantitative estimate of drug-likeness (QED) is 0.421. The molecule has 0 bridgehead atoms. The molecule has 1 aliphatic heterocycles. The minimum atomic E-state index is -1.36. The maximum absolute atomic E-state index is 9.41. The Balaban J connectivity index is 2.63. The molecule has 14 heavy (non-hydrogen) atoms. The van der Waals surface area contributed by atoms with Gasteiger partial charge in [0.05, 0.1) is 6.61 Å². The van der Waals surface area contributed by atoms with Crippen molar-refractivity contribution in [2.45, 2.75) is 37.6 Å². The molecule has 0 spiro atoms. The van der Waals surface area contributed by atoms with Gasteiger partial charge in [-0.25, -0.2) is 0 Å². The Labute approximate surface area is 81.7 Å². The van der Waals surface area contributed by atoms with Crippen LogP contribution in [0.25, 0.3) is 0 Å². The molecule has 4 N–H and O–H groups in total. The van der Waals surface area contributed by atoms with E-state index in [1.807, 2.05) is 0 Å². The number of aliphatic hydroxyl groups is 4. The SMILES string of the molecule is CCOC1O[C@H](CO)[C@@H](O)[C@H](O)[C@H]1O. The van der Waals surface area contributed by atoms with Crippen LogP contribution in [0, 0.1) is 0 Å². The lowest BCUT2D eigenvalue weighted by molar-refractivity contribution is -0.300. The lowest BCUT2D eigenvalue weighted by Gasteiger charge is -2.39. The van der Waals surface area contributed by atoms with Crippen molar-refractivity contribution in [2.24, 2.45) is 0 Å². The van der Waals surface area contributed by atoms with Crippen LogP contribution in [0.3, 0.4) is 0 Å². The van der Waals surface area contributed by atoms with Gasteiger partial charge in [0.25, 0.3) is 0 Å². The van der Waals surface area contributed by atoms with Gasteiger partial charge in [-0.15, -0.1) is 0 Å². The number of hydrogen-bond acceptors (Lipinski definition) is 6. The van der Waals surface area contributed by atoms with E-state index in [0.717, 1.165) is 0 Å². The molecule has 1 heterocycles. The number of ether oxygens (including phenoxy) is 2. The topological polar surface area (TPSA) is 99.4 Å². The molecule has 5 atom stereocenters. The van der Waals surface area contributed by atoms with Crippen molar-refractivity contribution >= 4 is 0 Å². The monoisotopic (exact) mass is 208 g/mol. The van der Waals surface area contributed by atoms with Crippen LogP contribution in [-0.2, 0) is 9.47 Å². The van der Waals surface area contributed by atoms with E-state index < -0.39 is 37.3 Å². The Morgan fingerprint density at radius 2 is 1.79 bits per heavy atom. The first-order valence-corrected chi connectivity index (χ1v) is 4.54. The summed E-state index contributed by atoms with van der Waals surface area (Å²) in [5.74, 6) is 0. The summed E-state index contributed by atoms with van der Waals surface area (Å²) in [6.07, 6.45) is -5.89. The van der Waals surface area contributed by atoms with Crippen molar-refractivity contribution in [1.82, 2.24) is 0 Å². The maximum Gasteiger partial charge on any atom is 0.186 e. The largest absolute Gasteiger partial charge is 0.394 e. The molecule has 1 rings (SSSR count). The molecule has 6 heteroatoms. The number of rotatable bonds is 3. The Morgan fingerprint density at radius 1 is 1.14 bits per heavy atom. The third-order valence-corrected chi connectivity index (χ3v) is 2.18. The molecule has 0 aliphatic carbocycles. The van der Waals surface area contributed by atoms with E-state index in [0.29, 0.717) is 6.61 Å². The average Bonchev–Trinajstić information content (AvgIpc) is 2.19. The van der Waals surface area contributed by atoms with Crippen LogP contribution in [0.2, 0.25) is 0 Å². The second-order valence-electron chi connectivity index (χ2n) is 3.15. The minimum Gasteiger partial charge on any atom is -0.394 e. The van der Waals surface area contributed by atoms with Gasteiger partial charge in [0, 0.05) is 6.61 Å². The molecule has 0 radical (unpaired) electrons. The fourth-order valence-corrected chi connectivity index (χ4v) is 1.37. The predicted molar refractivity (Wildman–Crippen MR) is 45.4 cm³/mol. The first-order valence-electron chi connectivity index (χ1n) is 4.54. The summed E-state index contributed by atoms with van der Waals surface area (Å²) in [6, 6.07) is 0. The fourth-order valence-electron chi connectivity index (χ4n) is 1.37. The van der Waals surface area contributed by atoms with Gasteiger partial charge in [0.15, 0.2) is 6.29 Å². The minimum absolute atomic E-state index is 0.308. The first-order chi connectivity index (χ1) is 6.61. The average molecular weight is 208 g/mol. The van der Waals surface area contributed by atoms with E-state index in [1.165, 1.54) is 0 Å². The summed E-state index contributed by atoms with van der Waals surface area (Å²) in [6.45, 7) is 1.58. The van der Waals surface area contributed by atoms with E-state index in [-0.39, 0.29) is 0 Å². The standard InChI is InChI=1S/C8H16O6/c1-2-13-8-7(12)6(11)5(10)4(3-9)14-8/h4-12H,2-3H2,1H3/t4-,5-,6+,7-,8?/m1/s1. The number of aliphatic hydroxyl groups excluding tert-OH is 4. The zero-order chi connectivity index (χ0) is 10.7. The predicted octanol–water partition coefficient (Wildman–Crippen LogP) is -2.18. The van der Waals surface area contributed by atoms with Crippen LogP contribution in [0.1, 0.15) is 6.92 Å². The molecular weight excluding hydrogens is 192 g/mol. The molecular formula is C8H16O6. The molecule has 84 valence electrons. The van der Waals surface area contributed by atoms with E-state index >= 15 is 0 Å². The Kier molecular flexibility index (Phi) is 4.24. The first kappa shape index (κ1) is 11.8. The summed E-state index contributed by atoms with van der Waals surface area (Å²) >= 11 is 0. The van der Waals surface area contributed by atoms with Crippen molar-refractivity contribution in [1.29, 1.82) is 0 Å². The normalized spacial score (nSPS) is 43.9. The van der Waals surface area contributed by atoms with Gasteiger partial charge in [-0.1, -0.05) is 0 Å². The third-order valence-electron chi connectivity index (χ3n) is 2.18. The van der Waals surface area contributed by atoms with Gasteiger partial charge in [0.1, 0.15) is 24.4 Å². The molecule has 1 fully saturated rings. The van der Waals surface area contributed by atoms with Crippen molar-refractivity contribution < 1.29 is 29.9 Å². The van der Waals surface area contributed by atoms with Crippen LogP contribution in [0.5, 0.6) is 0 Å². The third kappa shape index (κ3) is 2.22. The highest BCUT2D eigenvalue weighted by Gasteiger charge is 2.43. The van der Waals surface area contributed by atoms with Gasteiger partial charge in [-0.05, 0) is 6.92 Å². The van der Waals surface area contributed by atoms with Crippen molar-refractivity contribution in [2.75, 3.05) is 13.2 Å². The highest BCUT2D eigenvalue weighted by molar-refractivity contribution is 4.88. The van der Waals surface area contributed by atoms with Crippen LogP contribution in [-0.4, -0.2) is 64.3 Å². The van der Waals surface area contributed by atoms with Gasteiger partial charge >= 0.3 is 0 Å². The molecule has 0 aromatic heterocycles. The second kappa shape index (κ2) is 5.01. The summed E-state index contributed by atoms with van der Waals surface area (Å²) in [7, 11) is 0. The Morgan fingerprint density at radius 3 is 2.29 bits per heavy atom. The Hall–Kier alpha value is -0.240. The van der Waals surface area contributed by atoms with E-state index in [9.17, 15) is 15.3 Å². The molecule has 0 amide bonds. The smallest absolute Gasteiger partial charge is 0.186 e. The highest BCUT2D eigenvalue weighted by Crippen LogP contribution is 2.21. The van der Waals surface area contributed by atoms with Gasteiger partial charge in [0.2, 0.25) is 0 Å². The van der Waals surface area contributed by atoms with E-state index in [2.05, 4.69) is 0 Å². The molecule has 1 saturated heterocycles. The van der Waals surface area contributed by atoms with Crippen molar-refractivity contribution in [3.05, 3.63) is 0 Å². The Bertz CT molecular complexity index is 171. The maximum atomic E-state index is 9.41. The van der Waals surface area contributed by atoms with Gasteiger partial charge < -0.3 is 29.9 Å². The summed E-state index contributed by atoms with van der Waals surface area (Å²) < 4.78 is 10.0. The molecule has 0 saturated carbocycles. The molecule has 1 unspecified atom stereocenters. The molecule has 6 nitrogen and oxygen atoms in total. The van der Waals surface area contributed by atoms with Crippen LogP contribution in [0.15, 0.2) is 0 Å². The van der Waals surface area contributed by atoms with Gasteiger partial charge in [-0.2, -0.15) is 0 Å². The van der Waals surface area contributed by atoms with Crippen molar-refractivity contribution in [3.63, 3.8) is 0 Å². The van der Waals surface area contributed by atoms with E-state index in [1.54, 1.807) is 6.92 Å². The summed E-state index contributed by atoms with van der Waals surface area (Å²) in [5.41, 5.74) is 0. The molecule has 0 aromatic rings. The van der Waals surface area contributed by atoms with Crippen molar-refractivity contribution in [3.8, 4) is 0 Å². The molecule has 0 aromatic carbocycles. The molecule has 1 aliphatic rings. The van der Waals surface area contributed by atoms with Crippen LogP contribution < -0.4 is 0 Å².